The van der Waals surface area contributed by atoms with Gasteiger partial charge in [-0.2, -0.15) is 9.61 Å². The van der Waals surface area contributed by atoms with Gasteiger partial charge in [-0.1, -0.05) is 24.4 Å². The van der Waals surface area contributed by atoms with E-state index in [-0.39, 0.29) is 0 Å². The summed E-state index contributed by atoms with van der Waals surface area (Å²) >= 11 is 5.97. The minimum absolute atomic E-state index is 0.508. The van der Waals surface area contributed by atoms with Crippen LogP contribution in [0.5, 0.6) is 0 Å². The third-order valence-electron chi connectivity index (χ3n) is 3.04. The molecule has 1 saturated carbocycles. The molecule has 3 rings (SSSR count). The number of nitrogens with zero attached hydrogens (tertiary/aromatic N) is 3. The maximum absolute atomic E-state index is 5.97. The van der Waals surface area contributed by atoms with E-state index in [0.29, 0.717) is 11.2 Å². The van der Waals surface area contributed by atoms with Gasteiger partial charge >= 0.3 is 0 Å². The zero-order valence-corrected chi connectivity index (χ0v) is 9.61. The summed E-state index contributed by atoms with van der Waals surface area (Å²) in [4.78, 5) is 4.20. The van der Waals surface area contributed by atoms with E-state index in [1.54, 1.807) is 10.7 Å². The van der Waals surface area contributed by atoms with E-state index in [4.69, 9.17) is 11.6 Å². The molecule has 0 bridgehead atoms. The van der Waals surface area contributed by atoms with Crippen molar-refractivity contribution >= 4 is 23.1 Å². The molecular formula is C11H13ClN4. The van der Waals surface area contributed by atoms with E-state index in [1.165, 1.54) is 25.7 Å². The number of hydrogen-bond donors (Lipinski definition) is 1. The number of rotatable bonds is 2. The fraction of sp³-hybridized carbons (Fsp3) is 0.455. The molecule has 0 amide bonds. The van der Waals surface area contributed by atoms with Crippen LogP contribution in [0.3, 0.4) is 0 Å². The van der Waals surface area contributed by atoms with Gasteiger partial charge < -0.3 is 5.32 Å². The largest absolute Gasteiger partial charge is 0.367 e. The quantitative estimate of drug-likeness (QED) is 0.816. The molecule has 84 valence electrons. The van der Waals surface area contributed by atoms with E-state index in [0.717, 1.165) is 11.5 Å². The Labute approximate surface area is 98.6 Å². The van der Waals surface area contributed by atoms with Crippen LogP contribution in [-0.2, 0) is 0 Å². The highest BCUT2D eigenvalue weighted by atomic mass is 35.5. The van der Waals surface area contributed by atoms with E-state index in [1.807, 2.05) is 12.1 Å². The van der Waals surface area contributed by atoms with Crippen LogP contribution in [0.4, 0.5) is 5.82 Å². The van der Waals surface area contributed by atoms with E-state index < -0.39 is 0 Å². The highest BCUT2D eigenvalue weighted by molar-refractivity contribution is 6.29. The standard InChI is InChI=1S/C11H13ClN4/c12-9-7-11(14-8-3-1-2-4-8)16-10(15-9)5-6-13-16/h5-8,14H,1-4H2. The Hall–Kier alpha value is -1.29. The summed E-state index contributed by atoms with van der Waals surface area (Å²) in [7, 11) is 0. The third kappa shape index (κ3) is 1.73. The lowest BCUT2D eigenvalue weighted by Crippen LogP contribution is -2.17. The zero-order valence-electron chi connectivity index (χ0n) is 8.86. The molecule has 5 heteroatoms. The molecule has 4 nitrogen and oxygen atoms in total. The van der Waals surface area contributed by atoms with Gasteiger partial charge in [0.1, 0.15) is 11.0 Å². The number of hydrogen-bond acceptors (Lipinski definition) is 3. The van der Waals surface area contributed by atoms with Gasteiger partial charge in [-0.25, -0.2) is 4.98 Å². The fourth-order valence-electron chi connectivity index (χ4n) is 2.26. The molecule has 2 heterocycles. The number of aromatic nitrogens is 3. The summed E-state index contributed by atoms with van der Waals surface area (Å²) < 4.78 is 1.80. The second-order valence-electron chi connectivity index (χ2n) is 4.19. The second kappa shape index (κ2) is 3.94. The van der Waals surface area contributed by atoms with Crippen LogP contribution in [0.1, 0.15) is 25.7 Å². The SMILES string of the molecule is Clc1cc(NC2CCCC2)n2nccc2n1. The van der Waals surface area contributed by atoms with Gasteiger partial charge in [0.05, 0.1) is 6.20 Å². The van der Waals surface area contributed by atoms with Gasteiger partial charge in [0, 0.05) is 18.2 Å². The highest BCUT2D eigenvalue weighted by Gasteiger charge is 2.16. The lowest BCUT2D eigenvalue weighted by Gasteiger charge is -2.14. The minimum atomic E-state index is 0.508. The number of halogens is 1. The molecule has 0 radical (unpaired) electrons. The first-order chi connectivity index (χ1) is 7.83. The average Bonchev–Trinajstić information content (AvgIpc) is 2.87. The Morgan fingerprint density at radius 2 is 2.19 bits per heavy atom. The first-order valence-electron chi connectivity index (χ1n) is 5.60. The van der Waals surface area contributed by atoms with Crippen LogP contribution < -0.4 is 5.32 Å². The van der Waals surface area contributed by atoms with Crippen molar-refractivity contribution < 1.29 is 0 Å². The molecule has 2 aromatic heterocycles. The maximum atomic E-state index is 5.97. The summed E-state index contributed by atoms with van der Waals surface area (Å²) in [5.41, 5.74) is 0.785. The molecule has 1 fully saturated rings. The van der Waals surface area contributed by atoms with Crippen LogP contribution in [0.25, 0.3) is 5.65 Å². The minimum Gasteiger partial charge on any atom is -0.367 e. The smallest absolute Gasteiger partial charge is 0.159 e. The van der Waals surface area contributed by atoms with Crippen molar-refractivity contribution in [3.8, 4) is 0 Å². The van der Waals surface area contributed by atoms with Crippen LogP contribution >= 0.6 is 11.6 Å². The van der Waals surface area contributed by atoms with Crippen molar-refractivity contribution in [2.24, 2.45) is 0 Å². The number of fused-ring (bicyclic) bond motifs is 1. The first kappa shape index (κ1) is 9.90. The Bertz CT molecular complexity index is 502. The van der Waals surface area contributed by atoms with Gasteiger partial charge in [-0.15, -0.1) is 0 Å². The third-order valence-corrected chi connectivity index (χ3v) is 3.23. The summed E-state index contributed by atoms with van der Waals surface area (Å²) in [5.74, 6) is 0.937. The molecule has 0 spiro atoms. The maximum Gasteiger partial charge on any atom is 0.159 e. The van der Waals surface area contributed by atoms with Gasteiger partial charge in [-0.05, 0) is 12.8 Å². The van der Waals surface area contributed by atoms with Crippen LogP contribution in [0.2, 0.25) is 5.15 Å². The average molecular weight is 237 g/mol. The monoisotopic (exact) mass is 236 g/mol. The number of anilines is 1. The topological polar surface area (TPSA) is 42.2 Å². The van der Waals surface area contributed by atoms with Crippen molar-refractivity contribution in [1.29, 1.82) is 0 Å². The molecule has 2 aromatic rings. The molecule has 1 aliphatic rings. The molecule has 1 aliphatic carbocycles. The lowest BCUT2D eigenvalue weighted by molar-refractivity contribution is 0.740. The summed E-state index contributed by atoms with van der Waals surface area (Å²) in [6.45, 7) is 0. The fourth-order valence-corrected chi connectivity index (χ4v) is 2.45. The van der Waals surface area contributed by atoms with Crippen molar-refractivity contribution in [2.75, 3.05) is 5.32 Å². The van der Waals surface area contributed by atoms with Gasteiger partial charge in [0.15, 0.2) is 5.65 Å². The van der Waals surface area contributed by atoms with Crippen LogP contribution in [0, 0.1) is 0 Å². The molecule has 0 saturated heterocycles. The van der Waals surface area contributed by atoms with E-state index in [9.17, 15) is 0 Å². The summed E-state index contributed by atoms with van der Waals surface area (Å²) in [6.07, 6.45) is 6.79. The normalized spacial score (nSPS) is 17.1. The molecular weight excluding hydrogens is 224 g/mol. The summed E-state index contributed by atoms with van der Waals surface area (Å²) in [5, 5.41) is 8.23. The van der Waals surface area contributed by atoms with Crippen molar-refractivity contribution in [1.82, 2.24) is 14.6 Å². The number of nitrogens with one attached hydrogen (secondary N) is 1. The lowest BCUT2D eigenvalue weighted by atomic mass is 10.2. The predicted molar refractivity (Wildman–Crippen MR) is 63.9 cm³/mol. The zero-order chi connectivity index (χ0) is 11.0. The summed E-state index contributed by atoms with van der Waals surface area (Å²) in [6, 6.07) is 4.23. The second-order valence-corrected chi connectivity index (χ2v) is 4.58. The Morgan fingerprint density at radius 3 is 3.00 bits per heavy atom. The van der Waals surface area contributed by atoms with Crippen molar-refractivity contribution in [3.05, 3.63) is 23.5 Å². The Balaban J connectivity index is 1.97. The van der Waals surface area contributed by atoms with Crippen LogP contribution in [0.15, 0.2) is 18.3 Å². The van der Waals surface area contributed by atoms with Crippen molar-refractivity contribution in [3.63, 3.8) is 0 Å². The molecule has 16 heavy (non-hydrogen) atoms. The molecule has 0 unspecified atom stereocenters. The molecule has 1 N–H and O–H groups in total. The molecule has 0 aromatic carbocycles. The molecule has 0 atom stereocenters. The van der Waals surface area contributed by atoms with E-state index >= 15 is 0 Å². The first-order valence-corrected chi connectivity index (χ1v) is 5.97. The van der Waals surface area contributed by atoms with Gasteiger partial charge in [0.2, 0.25) is 0 Å². The van der Waals surface area contributed by atoms with Crippen molar-refractivity contribution in [2.45, 2.75) is 31.7 Å². The van der Waals surface area contributed by atoms with Crippen LogP contribution in [-0.4, -0.2) is 20.6 Å². The Kier molecular flexibility index (Phi) is 2.44. The Morgan fingerprint density at radius 1 is 1.38 bits per heavy atom. The molecule has 0 aliphatic heterocycles. The van der Waals surface area contributed by atoms with Gasteiger partial charge in [0.25, 0.3) is 0 Å². The van der Waals surface area contributed by atoms with Gasteiger partial charge in [-0.3, -0.25) is 0 Å². The van der Waals surface area contributed by atoms with E-state index in [2.05, 4.69) is 15.4 Å². The predicted octanol–water partition coefficient (Wildman–Crippen LogP) is 2.74. The highest BCUT2D eigenvalue weighted by Crippen LogP contribution is 2.23.